The Morgan fingerprint density at radius 2 is 2.05 bits per heavy atom. The Hall–Kier alpha value is -1.45. The van der Waals surface area contributed by atoms with E-state index in [0.717, 1.165) is 11.1 Å². The lowest BCUT2D eigenvalue weighted by molar-refractivity contribution is 0.171. The van der Waals surface area contributed by atoms with Gasteiger partial charge in [0.25, 0.3) is 0 Å². The van der Waals surface area contributed by atoms with E-state index >= 15 is 0 Å². The quantitative estimate of drug-likeness (QED) is 0.928. The van der Waals surface area contributed by atoms with E-state index in [1.54, 1.807) is 6.20 Å². The van der Waals surface area contributed by atoms with Gasteiger partial charge in [-0.3, -0.25) is 4.98 Å². The van der Waals surface area contributed by atoms with Gasteiger partial charge in [-0.05, 0) is 48.7 Å². The molecule has 1 aromatic heterocycles. The van der Waals surface area contributed by atoms with E-state index in [1.165, 1.54) is 18.2 Å². The van der Waals surface area contributed by atoms with E-state index in [4.69, 9.17) is 11.6 Å². The van der Waals surface area contributed by atoms with Gasteiger partial charge < -0.3 is 5.11 Å². The van der Waals surface area contributed by atoms with Gasteiger partial charge in [0, 0.05) is 17.6 Å². The summed E-state index contributed by atoms with van der Waals surface area (Å²) in [5, 5.41) is 10.6. The Kier molecular flexibility index (Phi) is 4.17. The molecule has 0 bridgehead atoms. The summed E-state index contributed by atoms with van der Waals surface area (Å²) in [6.45, 7) is 3.82. The number of hydrogen-bond donors (Lipinski definition) is 1. The molecule has 0 aliphatic carbocycles. The van der Waals surface area contributed by atoms with Crippen molar-refractivity contribution >= 4 is 11.6 Å². The number of hydrogen-bond acceptors (Lipinski definition) is 2. The molecule has 0 radical (unpaired) electrons. The molecule has 1 atom stereocenters. The van der Waals surface area contributed by atoms with Gasteiger partial charge in [0.1, 0.15) is 11.9 Å². The fraction of sp³-hybridized carbons (Fsp3) is 0.267. The third kappa shape index (κ3) is 3.31. The maximum Gasteiger partial charge on any atom is 0.126 e. The van der Waals surface area contributed by atoms with Crippen LogP contribution in [-0.2, 0) is 6.42 Å². The second kappa shape index (κ2) is 5.68. The van der Waals surface area contributed by atoms with Crippen molar-refractivity contribution in [2.45, 2.75) is 26.4 Å². The van der Waals surface area contributed by atoms with Gasteiger partial charge >= 0.3 is 0 Å². The van der Waals surface area contributed by atoms with Crippen molar-refractivity contribution in [1.82, 2.24) is 4.98 Å². The van der Waals surface area contributed by atoms with Crippen LogP contribution in [0.2, 0.25) is 5.02 Å². The van der Waals surface area contributed by atoms with Crippen molar-refractivity contribution in [3.05, 3.63) is 63.7 Å². The molecule has 0 saturated carbocycles. The Morgan fingerprint density at radius 1 is 1.32 bits per heavy atom. The molecule has 0 amide bonds. The first-order chi connectivity index (χ1) is 8.97. The minimum Gasteiger partial charge on any atom is -0.386 e. The third-order valence-electron chi connectivity index (χ3n) is 2.99. The zero-order chi connectivity index (χ0) is 14.0. The standard InChI is InChI=1S/C15H15ClFNO/c1-9-5-10(2)15(18-8-9)14(19)7-11-6-12(16)3-4-13(11)17/h3-6,8,14,19H,7H2,1-2H3. The van der Waals surface area contributed by atoms with Crippen LogP contribution in [-0.4, -0.2) is 10.1 Å². The summed E-state index contributed by atoms with van der Waals surface area (Å²) in [5.41, 5.74) is 2.89. The number of aryl methyl sites for hydroxylation is 2. The monoisotopic (exact) mass is 279 g/mol. The van der Waals surface area contributed by atoms with Crippen LogP contribution in [0.25, 0.3) is 0 Å². The zero-order valence-electron chi connectivity index (χ0n) is 10.8. The average molecular weight is 280 g/mol. The van der Waals surface area contributed by atoms with Crippen LogP contribution in [0, 0.1) is 19.7 Å². The predicted molar refractivity (Wildman–Crippen MR) is 73.8 cm³/mol. The van der Waals surface area contributed by atoms with Gasteiger partial charge in [-0.1, -0.05) is 17.7 Å². The first-order valence-corrected chi connectivity index (χ1v) is 6.40. The van der Waals surface area contributed by atoms with Crippen LogP contribution in [0.3, 0.4) is 0 Å². The first kappa shape index (κ1) is 14.0. The molecular weight excluding hydrogens is 265 g/mol. The molecule has 100 valence electrons. The number of pyridine rings is 1. The van der Waals surface area contributed by atoms with Crippen molar-refractivity contribution in [2.24, 2.45) is 0 Å². The fourth-order valence-electron chi connectivity index (χ4n) is 2.08. The molecule has 0 fully saturated rings. The predicted octanol–water partition coefficient (Wildman–Crippen LogP) is 3.77. The Balaban J connectivity index is 2.25. The molecule has 0 aliphatic rings. The topological polar surface area (TPSA) is 33.1 Å². The van der Waals surface area contributed by atoms with Crippen LogP contribution in [0.4, 0.5) is 4.39 Å². The lowest BCUT2D eigenvalue weighted by atomic mass is 10.0. The number of nitrogens with zero attached hydrogens (tertiary/aromatic N) is 1. The van der Waals surface area contributed by atoms with Crippen molar-refractivity contribution in [2.75, 3.05) is 0 Å². The number of aliphatic hydroxyl groups is 1. The number of benzene rings is 1. The van der Waals surface area contributed by atoms with Gasteiger partial charge in [-0.2, -0.15) is 0 Å². The second-order valence-electron chi connectivity index (χ2n) is 4.67. The third-order valence-corrected chi connectivity index (χ3v) is 3.23. The minimum atomic E-state index is -0.839. The van der Waals surface area contributed by atoms with Gasteiger partial charge in [0.05, 0.1) is 5.69 Å². The number of aromatic nitrogens is 1. The summed E-state index contributed by atoms with van der Waals surface area (Å²) >= 11 is 5.83. The summed E-state index contributed by atoms with van der Waals surface area (Å²) < 4.78 is 13.6. The summed E-state index contributed by atoms with van der Waals surface area (Å²) in [6.07, 6.45) is 1.01. The molecule has 2 nitrogen and oxygen atoms in total. The molecule has 4 heteroatoms. The lowest BCUT2D eigenvalue weighted by Gasteiger charge is -2.14. The maximum absolute atomic E-state index is 13.6. The normalized spacial score (nSPS) is 12.5. The van der Waals surface area contributed by atoms with Gasteiger partial charge in [0.2, 0.25) is 0 Å². The number of aliphatic hydroxyl groups excluding tert-OH is 1. The number of rotatable bonds is 3. The highest BCUT2D eigenvalue weighted by Gasteiger charge is 2.15. The largest absolute Gasteiger partial charge is 0.386 e. The molecule has 0 aliphatic heterocycles. The Labute approximate surface area is 116 Å². The van der Waals surface area contributed by atoms with Crippen LogP contribution in [0.5, 0.6) is 0 Å². The summed E-state index contributed by atoms with van der Waals surface area (Å²) in [6, 6.07) is 6.27. The van der Waals surface area contributed by atoms with Gasteiger partial charge in [-0.15, -0.1) is 0 Å². The van der Waals surface area contributed by atoms with E-state index in [2.05, 4.69) is 4.98 Å². The van der Waals surface area contributed by atoms with E-state index < -0.39 is 6.10 Å². The smallest absolute Gasteiger partial charge is 0.126 e. The molecule has 2 aromatic rings. The molecule has 19 heavy (non-hydrogen) atoms. The van der Waals surface area contributed by atoms with Crippen LogP contribution < -0.4 is 0 Å². The van der Waals surface area contributed by atoms with Crippen molar-refractivity contribution in [3.8, 4) is 0 Å². The van der Waals surface area contributed by atoms with Crippen molar-refractivity contribution < 1.29 is 9.50 Å². The SMILES string of the molecule is Cc1cnc(C(O)Cc2cc(Cl)ccc2F)c(C)c1. The summed E-state index contributed by atoms with van der Waals surface area (Å²) in [5.74, 6) is -0.367. The highest BCUT2D eigenvalue weighted by Crippen LogP contribution is 2.23. The van der Waals surface area contributed by atoms with Crippen LogP contribution >= 0.6 is 11.6 Å². The highest BCUT2D eigenvalue weighted by atomic mass is 35.5. The van der Waals surface area contributed by atoms with E-state index in [9.17, 15) is 9.50 Å². The molecule has 1 heterocycles. The van der Waals surface area contributed by atoms with Crippen molar-refractivity contribution in [1.29, 1.82) is 0 Å². The maximum atomic E-state index is 13.6. The van der Waals surface area contributed by atoms with Gasteiger partial charge in [-0.25, -0.2) is 4.39 Å². The molecule has 0 saturated heterocycles. The molecule has 1 unspecified atom stereocenters. The molecular formula is C15H15ClFNO. The average Bonchev–Trinajstić information content (AvgIpc) is 2.33. The second-order valence-corrected chi connectivity index (χ2v) is 5.11. The number of halogens is 2. The fourth-order valence-corrected chi connectivity index (χ4v) is 2.27. The molecule has 0 spiro atoms. The Bertz CT molecular complexity index is 601. The highest BCUT2D eigenvalue weighted by molar-refractivity contribution is 6.30. The summed E-state index contributed by atoms with van der Waals surface area (Å²) in [7, 11) is 0. The lowest BCUT2D eigenvalue weighted by Crippen LogP contribution is -2.08. The summed E-state index contributed by atoms with van der Waals surface area (Å²) in [4.78, 5) is 4.22. The van der Waals surface area contributed by atoms with E-state index in [-0.39, 0.29) is 12.2 Å². The van der Waals surface area contributed by atoms with Crippen LogP contribution in [0.15, 0.2) is 30.5 Å². The minimum absolute atomic E-state index is 0.156. The Morgan fingerprint density at radius 3 is 2.74 bits per heavy atom. The zero-order valence-corrected chi connectivity index (χ0v) is 11.6. The van der Waals surface area contributed by atoms with Crippen LogP contribution in [0.1, 0.15) is 28.5 Å². The van der Waals surface area contributed by atoms with Gasteiger partial charge in [0.15, 0.2) is 0 Å². The van der Waals surface area contributed by atoms with Crippen molar-refractivity contribution in [3.63, 3.8) is 0 Å². The molecule has 1 aromatic carbocycles. The van der Waals surface area contributed by atoms with E-state index in [1.807, 2.05) is 19.9 Å². The molecule has 1 N–H and O–H groups in total. The molecule has 2 rings (SSSR count). The first-order valence-electron chi connectivity index (χ1n) is 6.02. The van der Waals surface area contributed by atoms with E-state index in [0.29, 0.717) is 16.3 Å².